The van der Waals surface area contributed by atoms with Crippen molar-refractivity contribution in [3.8, 4) is 22.6 Å². The fourth-order valence-electron chi connectivity index (χ4n) is 3.05. The van der Waals surface area contributed by atoms with E-state index in [0.717, 1.165) is 39.3 Å². The van der Waals surface area contributed by atoms with Crippen LogP contribution in [0.4, 0.5) is 0 Å². The maximum atomic E-state index is 4.59. The number of benzene rings is 1. The second-order valence-corrected chi connectivity index (χ2v) is 5.79. The Bertz CT molecular complexity index is 1160. The van der Waals surface area contributed by atoms with E-state index in [4.69, 9.17) is 0 Å². The van der Waals surface area contributed by atoms with E-state index in [1.54, 1.807) is 4.68 Å². The molecule has 0 aliphatic heterocycles. The van der Waals surface area contributed by atoms with Gasteiger partial charge in [-0.05, 0) is 6.07 Å². The number of H-pyrrole nitrogens is 1. The Morgan fingerprint density at radius 2 is 1.79 bits per heavy atom. The molecule has 5 rings (SSSR count). The third kappa shape index (κ3) is 1.86. The highest BCUT2D eigenvalue weighted by Gasteiger charge is 2.13. The van der Waals surface area contributed by atoms with Gasteiger partial charge in [-0.25, -0.2) is 9.97 Å². The molecule has 0 bridgehead atoms. The minimum Gasteiger partial charge on any atom is -0.338 e. The van der Waals surface area contributed by atoms with Gasteiger partial charge in [0.15, 0.2) is 5.65 Å². The minimum atomic E-state index is 0.830. The Balaban J connectivity index is 1.80. The molecule has 0 saturated carbocycles. The van der Waals surface area contributed by atoms with Gasteiger partial charge in [-0.1, -0.05) is 30.3 Å². The number of aromatic nitrogens is 6. The number of aryl methyl sites for hydroxylation is 1. The average molecular weight is 314 g/mol. The lowest BCUT2D eigenvalue weighted by Gasteiger charge is -2.02. The number of aromatic amines is 1. The van der Waals surface area contributed by atoms with Gasteiger partial charge in [0.05, 0.1) is 35.3 Å². The van der Waals surface area contributed by atoms with Crippen LogP contribution in [-0.2, 0) is 7.05 Å². The summed E-state index contributed by atoms with van der Waals surface area (Å²) in [6, 6.07) is 12.3. The van der Waals surface area contributed by atoms with Crippen LogP contribution in [-0.4, -0.2) is 29.1 Å². The van der Waals surface area contributed by atoms with Crippen molar-refractivity contribution in [2.45, 2.75) is 0 Å². The molecular formula is C18H14N6. The molecule has 4 aromatic heterocycles. The quantitative estimate of drug-likeness (QED) is 0.544. The lowest BCUT2D eigenvalue weighted by atomic mass is 10.2. The molecule has 1 N–H and O–H groups in total. The van der Waals surface area contributed by atoms with Crippen LogP contribution < -0.4 is 0 Å². The summed E-state index contributed by atoms with van der Waals surface area (Å²) in [6.45, 7) is 0. The summed E-state index contributed by atoms with van der Waals surface area (Å²) in [5.74, 6) is 0.912. The minimum absolute atomic E-state index is 0.830. The Morgan fingerprint density at radius 3 is 2.58 bits per heavy atom. The topological polar surface area (TPSA) is 63.8 Å². The molecule has 0 saturated heterocycles. The summed E-state index contributed by atoms with van der Waals surface area (Å²) in [7, 11) is 1.91. The van der Waals surface area contributed by atoms with Crippen LogP contribution in [0.25, 0.3) is 39.3 Å². The SMILES string of the molecule is Cn1cc(-c2cc3c(ncc4cnc(-c5ccccc5)n43)[nH]2)cn1. The predicted octanol–water partition coefficient (Wildman–Crippen LogP) is 3.28. The van der Waals surface area contributed by atoms with Crippen LogP contribution in [0.2, 0.25) is 0 Å². The van der Waals surface area contributed by atoms with E-state index in [9.17, 15) is 0 Å². The first-order valence-electron chi connectivity index (χ1n) is 7.69. The predicted molar refractivity (Wildman–Crippen MR) is 92.5 cm³/mol. The highest BCUT2D eigenvalue weighted by molar-refractivity contribution is 5.84. The molecule has 0 aliphatic carbocycles. The van der Waals surface area contributed by atoms with Gasteiger partial charge in [-0.2, -0.15) is 5.10 Å². The van der Waals surface area contributed by atoms with Crippen LogP contribution in [0.15, 0.2) is 61.2 Å². The van der Waals surface area contributed by atoms with Crippen molar-refractivity contribution in [2.24, 2.45) is 7.05 Å². The molecule has 0 radical (unpaired) electrons. The number of imidazole rings is 1. The Kier molecular flexibility index (Phi) is 2.61. The van der Waals surface area contributed by atoms with Crippen LogP contribution in [0, 0.1) is 0 Å². The summed E-state index contributed by atoms with van der Waals surface area (Å²) >= 11 is 0. The van der Waals surface area contributed by atoms with Gasteiger partial charge < -0.3 is 4.98 Å². The lowest BCUT2D eigenvalue weighted by Crippen LogP contribution is -1.92. The molecule has 116 valence electrons. The highest BCUT2D eigenvalue weighted by atomic mass is 15.2. The van der Waals surface area contributed by atoms with Gasteiger partial charge in [-0.3, -0.25) is 9.08 Å². The Labute approximate surface area is 137 Å². The largest absolute Gasteiger partial charge is 0.338 e. The van der Waals surface area contributed by atoms with Crippen molar-refractivity contribution < 1.29 is 0 Å². The van der Waals surface area contributed by atoms with Crippen LogP contribution in [0.5, 0.6) is 0 Å². The fourth-order valence-corrected chi connectivity index (χ4v) is 3.05. The van der Waals surface area contributed by atoms with E-state index in [2.05, 4.69) is 42.7 Å². The third-order valence-corrected chi connectivity index (χ3v) is 4.18. The van der Waals surface area contributed by atoms with Crippen LogP contribution in [0.3, 0.4) is 0 Å². The zero-order valence-corrected chi connectivity index (χ0v) is 13.0. The number of rotatable bonds is 2. The van der Waals surface area contributed by atoms with Crippen molar-refractivity contribution in [3.63, 3.8) is 0 Å². The van der Waals surface area contributed by atoms with Crippen LogP contribution in [0.1, 0.15) is 0 Å². The van der Waals surface area contributed by atoms with Gasteiger partial charge in [-0.15, -0.1) is 0 Å². The van der Waals surface area contributed by atoms with Gasteiger partial charge in [0.1, 0.15) is 5.82 Å². The maximum Gasteiger partial charge on any atom is 0.154 e. The standard InChI is InChI=1S/C18H14N6/c1-23-11-13(8-21-23)15-7-16-17(22-15)19-9-14-10-20-18(24(14)16)12-5-3-2-4-6-12/h2-11,22H,1H3. The van der Waals surface area contributed by atoms with Gasteiger partial charge in [0.25, 0.3) is 0 Å². The molecule has 24 heavy (non-hydrogen) atoms. The number of nitrogens with one attached hydrogen (secondary N) is 1. The van der Waals surface area contributed by atoms with E-state index in [1.165, 1.54) is 0 Å². The van der Waals surface area contributed by atoms with Crippen molar-refractivity contribution in [1.82, 2.24) is 29.1 Å². The van der Waals surface area contributed by atoms with E-state index in [0.29, 0.717) is 0 Å². The molecule has 0 aliphatic rings. The monoisotopic (exact) mass is 314 g/mol. The van der Waals surface area contributed by atoms with Gasteiger partial charge in [0, 0.05) is 24.4 Å². The molecule has 1 aromatic carbocycles. The van der Waals surface area contributed by atoms with E-state index in [-0.39, 0.29) is 0 Å². The third-order valence-electron chi connectivity index (χ3n) is 4.18. The average Bonchev–Trinajstić information content (AvgIpc) is 3.31. The second kappa shape index (κ2) is 4.79. The summed E-state index contributed by atoms with van der Waals surface area (Å²) in [5.41, 5.74) is 5.90. The van der Waals surface area contributed by atoms with Crippen LogP contribution >= 0.6 is 0 Å². The van der Waals surface area contributed by atoms with Gasteiger partial charge in [0.2, 0.25) is 0 Å². The molecule has 5 aromatic rings. The first-order valence-corrected chi connectivity index (χ1v) is 7.69. The lowest BCUT2D eigenvalue weighted by molar-refractivity contribution is 0.768. The summed E-state index contributed by atoms with van der Waals surface area (Å²) in [5, 5.41) is 4.24. The fraction of sp³-hybridized carbons (Fsp3) is 0.0556. The first-order chi connectivity index (χ1) is 11.8. The molecule has 0 fully saturated rings. The summed E-state index contributed by atoms with van der Waals surface area (Å²) in [6.07, 6.45) is 7.51. The molecule has 0 spiro atoms. The zero-order chi connectivity index (χ0) is 16.1. The number of fused-ring (bicyclic) bond motifs is 3. The Hall–Kier alpha value is -3.41. The first kappa shape index (κ1) is 13.1. The number of nitrogens with zero attached hydrogens (tertiary/aromatic N) is 5. The highest BCUT2D eigenvalue weighted by Crippen LogP contribution is 2.27. The number of hydrogen-bond donors (Lipinski definition) is 1. The zero-order valence-electron chi connectivity index (χ0n) is 13.0. The van der Waals surface area contributed by atoms with E-state index < -0.39 is 0 Å². The molecule has 6 heteroatoms. The molecule has 6 nitrogen and oxygen atoms in total. The maximum absolute atomic E-state index is 4.59. The molecular weight excluding hydrogens is 300 g/mol. The molecule has 4 heterocycles. The van der Waals surface area contributed by atoms with Gasteiger partial charge >= 0.3 is 0 Å². The smallest absolute Gasteiger partial charge is 0.154 e. The second-order valence-electron chi connectivity index (χ2n) is 5.79. The van der Waals surface area contributed by atoms with Crippen molar-refractivity contribution in [1.29, 1.82) is 0 Å². The van der Waals surface area contributed by atoms with E-state index in [1.807, 2.05) is 50.0 Å². The normalized spacial score (nSPS) is 11.5. The summed E-state index contributed by atoms with van der Waals surface area (Å²) < 4.78 is 3.92. The molecule has 0 atom stereocenters. The molecule has 0 amide bonds. The summed E-state index contributed by atoms with van der Waals surface area (Å²) in [4.78, 5) is 12.5. The van der Waals surface area contributed by atoms with E-state index >= 15 is 0 Å². The molecule has 0 unspecified atom stereocenters. The number of hydrogen-bond acceptors (Lipinski definition) is 3. The van der Waals surface area contributed by atoms with Crippen molar-refractivity contribution in [3.05, 3.63) is 61.2 Å². The Morgan fingerprint density at radius 1 is 0.958 bits per heavy atom. The van der Waals surface area contributed by atoms with Crippen molar-refractivity contribution in [2.75, 3.05) is 0 Å². The van der Waals surface area contributed by atoms with Crippen molar-refractivity contribution >= 4 is 16.7 Å².